The van der Waals surface area contributed by atoms with Gasteiger partial charge in [-0.3, -0.25) is 0 Å². The summed E-state index contributed by atoms with van der Waals surface area (Å²) in [7, 11) is 1.31. The molecule has 1 aromatic carbocycles. The Morgan fingerprint density at radius 3 is 2.48 bits per heavy atom. The number of halogens is 1. The lowest BCUT2D eigenvalue weighted by molar-refractivity contribution is -0.0484. The van der Waals surface area contributed by atoms with Crippen molar-refractivity contribution < 1.29 is 23.4 Å². The van der Waals surface area contributed by atoms with Crippen molar-refractivity contribution in [2.24, 2.45) is 0 Å². The van der Waals surface area contributed by atoms with Crippen LogP contribution in [0.25, 0.3) is 5.69 Å². The van der Waals surface area contributed by atoms with Gasteiger partial charge in [0.25, 0.3) is 0 Å². The van der Waals surface area contributed by atoms with Gasteiger partial charge in [0.2, 0.25) is 0 Å². The Labute approximate surface area is 120 Å². The Kier molecular flexibility index (Phi) is 3.72. The molecule has 1 fully saturated rings. The number of carbonyl (C=O) groups excluding carboxylic acids is 1. The van der Waals surface area contributed by atoms with E-state index in [9.17, 15) is 9.18 Å². The maximum absolute atomic E-state index is 13.1. The lowest BCUT2D eigenvalue weighted by Gasteiger charge is -2.16. The number of hydrogen-bond donors (Lipinski definition) is 0. The molecule has 2 aromatic rings. The number of ether oxygens (including phenoxy) is 3. The van der Waals surface area contributed by atoms with Crippen LogP contribution in [0, 0.1) is 5.82 Å². The first-order valence-corrected chi connectivity index (χ1v) is 6.50. The second-order valence-corrected chi connectivity index (χ2v) is 4.52. The minimum Gasteiger partial charge on any atom is -0.464 e. The number of aromatic nitrogens is 1. The first kappa shape index (κ1) is 13.8. The largest absolute Gasteiger partial charge is 0.464 e. The highest BCUT2D eigenvalue weighted by Gasteiger charge is 2.26. The molecule has 3 rings (SSSR count). The van der Waals surface area contributed by atoms with E-state index in [1.165, 1.54) is 19.2 Å². The van der Waals surface area contributed by atoms with Gasteiger partial charge in [0.1, 0.15) is 11.5 Å². The zero-order valence-corrected chi connectivity index (χ0v) is 11.4. The van der Waals surface area contributed by atoms with Crippen LogP contribution in [0.2, 0.25) is 0 Å². The minimum atomic E-state index is -0.548. The lowest BCUT2D eigenvalue weighted by Crippen LogP contribution is -2.13. The van der Waals surface area contributed by atoms with Gasteiger partial charge in [-0.1, -0.05) is 0 Å². The summed E-state index contributed by atoms with van der Waals surface area (Å²) in [6.45, 7) is 0.986. The maximum Gasteiger partial charge on any atom is 0.355 e. The molecule has 0 amide bonds. The molecule has 1 aliphatic rings. The predicted octanol–water partition coefficient (Wildman–Crippen LogP) is 2.45. The highest BCUT2D eigenvalue weighted by Crippen LogP contribution is 2.28. The van der Waals surface area contributed by atoms with E-state index >= 15 is 0 Å². The van der Waals surface area contributed by atoms with E-state index < -0.39 is 12.3 Å². The fraction of sp³-hybridized carbons (Fsp3) is 0.267. The van der Waals surface area contributed by atoms with E-state index in [0.717, 1.165) is 0 Å². The van der Waals surface area contributed by atoms with Gasteiger partial charge in [-0.15, -0.1) is 0 Å². The van der Waals surface area contributed by atoms with Crippen LogP contribution >= 0.6 is 0 Å². The molecule has 0 saturated carbocycles. The van der Waals surface area contributed by atoms with Crippen LogP contribution in [0.1, 0.15) is 22.5 Å². The molecule has 6 heteroatoms. The molecule has 21 heavy (non-hydrogen) atoms. The summed E-state index contributed by atoms with van der Waals surface area (Å²) in [4.78, 5) is 11.9. The molecule has 1 aliphatic heterocycles. The summed E-state index contributed by atoms with van der Waals surface area (Å²) in [5, 5.41) is 0. The van der Waals surface area contributed by atoms with Gasteiger partial charge in [0, 0.05) is 5.69 Å². The Balaban J connectivity index is 2.11. The molecule has 0 radical (unpaired) electrons. The maximum atomic E-state index is 13.1. The normalized spacial score (nSPS) is 15.3. The second-order valence-electron chi connectivity index (χ2n) is 4.52. The van der Waals surface area contributed by atoms with Crippen LogP contribution in [0.15, 0.2) is 36.4 Å². The summed E-state index contributed by atoms with van der Waals surface area (Å²) in [6.07, 6.45) is -0.548. The molecule has 0 atom stereocenters. The molecule has 110 valence electrons. The van der Waals surface area contributed by atoms with Gasteiger partial charge in [0.15, 0.2) is 6.29 Å². The van der Waals surface area contributed by atoms with Crippen LogP contribution in [0.3, 0.4) is 0 Å². The van der Waals surface area contributed by atoms with Crippen molar-refractivity contribution in [3.63, 3.8) is 0 Å². The van der Waals surface area contributed by atoms with Crippen LogP contribution in [-0.4, -0.2) is 30.9 Å². The summed E-state index contributed by atoms with van der Waals surface area (Å²) in [5.74, 6) is -0.830. The number of carbonyl (C=O) groups is 1. The van der Waals surface area contributed by atoms with E-state index in [0.29, 0.717) is 30.3 Å². The molecular weight excluding hydrogens is 277 g/mol. The first-order valence-electron chi connectivity index (χ1n) is 6.50. The molecule has 0 spiro atoms. The molecule has 2 heterocycles. The van der Waals surface area contributed by atoms with E-state index in [-0.39, 0.29) is 5.82 Å². The van der Waals surface area contributed by atoms with Gasteiger partial charge < -0.3 is 18.8 Å². The molecule has 0 bridgehead atoms. The van der Waals surface area contributed by atoms with Crippen molar-refractivity contribution >= 4 is 5.97 Å². The molecule has 0 aliphatic carbocycles. The van der Waals surface area contributed by atoms with Crippen LogP contribution in [0.5, 0.6) is 0 Å². The Morgan fingerprint density at radius 2 is 1.86 bits per heavy atom. The lowest BCUT2D eigenvalue weighted by atomic mass is 10.3. The zero-order chi connectivity index (χ0) is 14.8. The van der Waals surface area contributed by atoms with Crippen molar-refractivity contribution in [2.45, 2.75) is 6.29 Å². The molecule has 0 N–H and O–H groups in total. The number of esters is 1. The fourth-order valence-corrected chi connectivity index (χ4v) is 2.31. The Hall–Kier alpha value is -2.18. The average molecular weight is 291 g/mol. The van der Waals surface area contributed by atoms with E-state index in [1.54, 1.807) is 28.8 Å². The Bertz CT molecular complexity index is 644. The molecular formula is C15H14FNO4. The highest BCUT2D eigenvalue weighted by molar-refractivity contribution is 5.88. The number of nitrogens with zero attached hydrogens (tertiary/aromatic N) is 1. The number of benzene rings is 1. The summed E-state index contributed by atoms with van der Waals surface area (Å²) in [5.41, 5.74) is 1.63. The number of hydrogen-bond acceptors (Lipinski definition) is 4. The van der Waals surface area contributed by atoms with Gasteiger partial charge >= 0.3 is 5.97 Å². The fourth-order valence-electron chi connectivity index (χ4n) is 2.31. The van der Waals surface area contributed by atoms with Crippen molar-refractivity contribution in [2.75, 3.05) is 20.3 Å². The van der Waals surface area contributed by atoms with Crippen LogP contribution < -0.4 is 0 Å². The summed E-state index contributed by atoms with van der Waals surface area (Å²) in [6, 6.07) is 9.20. The molecule has 5 nitrogen and oxygen atoms in total. The average Bonchev–Trinajstić information content (AvgIpc) is 3.16. The summed E-state index contributed by atoms with van der Waals surface area (Å²) < 4.78 is 30.5. The van der Waals surface area contributed by atoms with Crippen LogP contribution in [0.4, 0.5) is 4.39 Å². The van der Waals surface area contributed by atoms with Crippen LogP contribution in [-0.2, 0) is 14.2 Å². The van der Waals surface area contributed by atoms with Gasteiger partial charge in [0.05, 0.1) is 26.0 Å². The third-order valence-electron chi connectivity index (χ3n) is 3.25. The van der Waals surface area contributed by atoms with E-state index in [4.69, 9.17) is 14.2 Å². The predicted molar refractivity (Wildman–Crippen MR) is 71.7 cm³/mol. The van der Waals surface area contributed by atoms with E-state index in [1.807, 2.05) is 0 Å². The number of methoxy groups -OCH3 is 1. The third kappa shape index (κ3) is 2.55. The molecule has 1 aromatic heterocycles. The monoisotopic (exact) mass is 291 g/mol. The number of rotatable bonds is 3. The first-order chi connectivity index (χ1) is 10.2. The van der Waals surface area contributed by atoms with Crippen molar-refractivity contribution in [1.29, 1.82) is 0 Å². The standard InChI is InChI=1S/C15H14FNO4/c1-19-14(18)12-6-7-13(15-20-8-9-21-15)17(12)11-4-2-10(16)3-5-11/h2-7,15H,8-9H2,1H3. The van der Waals surface area contributed by atoms with Crippen molar-refractivity contribution in [3.05, 3.63) is 53.6 Å². The Morgan fingerprint density at radius 1 is 1.19 bits per heavy atom. The van der Waals surface area contributed by atoms with Gasteiger partial charge in [-0.05, 0) is 36.4 Å². The SMILES string of the molecule is COC(=O)c1ccc(C2OCCO2)n1-c1ccc(F)cc1. The quantitative estimate of drug-likeness (QED) is 0.815. The molecule has 0 unspecified atom stereocenters. The minimum absolute atomic E-state index is 0.332. The topological polar surface area (TPSA) is 49.7 Å². The van der Waals surface area contributed by atoms with Crippen molar-refractivity contribution in [1.82, 2.24) is 4.57 Å². The smallest absolute Gasteiger partial charge is 0.355 e. The zero-order valence-electron chi connectivity index (χ0n) is 11.4. The van der Waals surface area contributed by atoms with Gasteiger partial charge in [-0.25, -0.2) is 9.18 Å². The highest BCUT2D eigenvalue weighted by atomic mass is 19.1. The van der Waals surface area contributed by atoms with Gasteiger partial charge in [-0.2, -0.15) is 0 Å². The molecule has 1 saturated heterocycles. The van der Waals surface area contributed by atoms with E-state index in [2.05, 4.69) is 0 Å². The van der Waals surface area contributed by atoms with Crippen molar-refractivity contribution in [3.8, 4) is 5.69 Å². The second kappa shape index (κ2) is 5.67. The third-order valence-corrected chi connectivity index (χ3v) is 3.25. The summed E-state index contributed by atoms with van der Waals surface area (Å²) >= 11 is 0.